The van der Waals surface area contributed by atoms with Crippen molar-refractivity contribution in [3.8, 4) is 0 Å². The lowest BCUT2D eigenvalue weighted by molar-refractivity contribution is 0.100. The minimum absolute atomic E-state index is 0.341. The van der Waals surface area contributed by atoms with E-state index in [9.17, 15) is 8.78 Å². The third-order valence-electron chi connectivity index (χ3n) is 3.39. The average Bonchev–Trinajstić information content (AvgIpc) is 2.77. The number of hydrogen-bond acceptors (Lipinski definition) is 1. The Labute approximate surface area is 121 Å². The minimum Gasteiger partial charge on any atom is -0.383 e. The number of halogens is 3. The Bertz CT molecular complexity index is 595. The number of benzene rings is 1. The van der Waals surface area contributed by atoms with Crippen LogP contribution in [0.5, 0.6) is 0 Å². The second-order valence-corrected chi connectivity index (χ2v) is 5.39. The van der Waals surface area contributed by atoms with E-state index in [1.165, 1.54) is 6.92 Å². The molecule has 0 saturated heterocycles. The van der Waals surface area contributed by atoms with Crippen molar-refractivity contribution in [3.05, 3.63) is 46.8 Å². The van der Waals surface area contributed by atoms with Crippen LogP contribution in [-0.2, 0) is 6.54 Å². The standard InChI is InChI=1S/C15H17ClF2N2/c1-8-4-14-11(6-13(8)16)5-12(20-14)7-19-10(3)9(2)15(17)18/h4-6,9,15,19-20H,3,7H2,1-2H3. The summed E-state index contributed by atoms with van der Waals surface area (Å²) in [5, 5.41) is 4.65. The van der Waals surface area contributed by atoms with Crippen molar-refractivity contribution in [2.45, 2.75) is 26.8 Å². The van der Waals surface area contributed by atoms with Gasteiger partial charge in [0.1, 0.15) is 0 Å². The van der Waals surface area contributed by atoms with Crippen LogP contribution in [0.25, 0.3) is 10.9 Å². The van der Waals surface area contributed by atoms with E-state index in [4.69, 9.17) is 11.6 Å². The molecule has 0 amide bonds. The molecule has 2 nitrogen and oxygen atoms in total. The second-order valence-electron chi connectivity index (χ2n) is 4.99. The molecule has 1 aromatic heterocycles. The molecule has 0 radical (unpaired) electrons. The molecule has 2 aromatic rings. The van der Waals surface area contributed by atoms with Crippen molar-refractivity contribution in [2.75, 3.05) is 0 Å². The predicted molar refractivity (Wildman–Crippen MR) is 79.2 cm³/mol. The van der Waals surface area contributed by atoms with Gasteiger partial charge in [-0.15, -0.1) is 0 Å². The fraction of sp³-hybridized carbons (Fsp3) is 0.333. The number of H-pyrrole nitrogens is 1. The molecule has 108 valence electrons. The second kappa shape index (κ2) is 5.83. The van der Waals surface area contributed by atoms with Crippen LogP contribution in [0.1, 0.15) is 18.2 Å². The number of aryl methyl sites for hydroxylation is 1. The topological polar surface area (TPSA) is 27.8 Å². The van der Waals surface area contributed by atoms with Crippen LogP contribution in [0.15, 0.2) is 30.5 Å². The number of hydrogen-bond donors (Lipinski definition) is 2. The Balaban J connectivity index is 2.09. The van der Waals surface area contributed by atoms with Gasteiger partial charge in [0, 0.05) is 27.3 Å². The van der Waals surface area contributed by atoms with E-state index in [1.54, 1.807) is 0 Å². The smallest absolute Gasteiger partial charge is 0.246 e. The lowest BCUT2D eigenvalue weighted by Crippen LogP contribution is -2.22. The van der Waals surface area contributed by atoms with E-state index >= 15 is 0 Å². The van der Waals surface area contributed by atoms with E-state index in [1.807, 2.05) is 25.1 Å². The first-order valence-corrected chi connectivity index (χ1v) is 6.75. The molecule has 0 aliphatic carbocycles. The first kappa shape index (κ1) is 14.9. The van der Waals surface area contributed by atoms with Crippen LogP contribution < -0.4 is 5.32 Å². The molecular weight excluding hydrogens is 282 g/mol. The zero-order chi connectivity index (χ0) is 14.9. The van der Waals surface area contributed by atoms with Gasteiger partial charge in [0.25, 0.3) is 0 Å². The van der Waals surface area contributed by atoms with Crippen LogP contribution in [0.4, 0.5) is 8.78 Å². The number of fused-ring (bicyclic) bond motifs is 1. The molecule has 0 fully saturated rings. The first-order chi connectivity index (χ1) is 9.38. The Morgan fingerprint density at radius 1 is 1.40 bits per heavy atom. The molecule has 0 saturated carbocycles. The van der Waals surface area contributed by atoms with Crippen LogP contribution in [0.3, 0.4) is 0 Å². The lowest BCUT2D eigenvalue weighted by Gasteiger charge is -2.15. The largest absolute Gasteiger partial charge is 0.383 e. The van der Waals surface area contributed by atoms with Gasteiger partial charge < -0.3 is 10.3 Å². The minimum atomic E-state index is -2.40. The monoisotopic (exact) mass is 298 g/mol. The fourth-order valence-electron chi connectivity index (χ4n) is 1.94. The van der Waals surface area contributed by atoms with Crippen molar-refractivity contribution >= 4 is 22.5 Å². The Hall–Kier alpha value is -1.55. The average molecular weight is 299 g/mol. The summed E-state index contributed by atoms with van der Waals surface area (Å²) in [7, 11) is 0. The molecule has 5 heteroatoms. The van der Waals surface area contributed by atoms with Crippen molar-refractivity contribution in [2.24, 2.45) is 5.92 Å². The van der Waals surface area contributed by atoms with Crippen LogP contribution in [0.2, 0.25) is 5.02 Å². The van der Waals surface area contributed by atoms with Crippen molar-refractivity contribution in [1.82, 2.24) is 10.3 Å². The van der Waals surface area contributed by atoms with Crippen molar-refractivity contribution in [1.29, 1.82) is 0 Å². The van der Waals surface area contributed by atoms with Gasteiger partial charge in [-0.3, -0.25) is 0 Å². The van der Waals surface area contributed by atoms with E-state index in [0.29, 0.717) is 17.3 Å². The molecule has 20 heavy (non-hydrogen) atoms. The van der Waals surface area contributed by atoms with Gasteiger partial charge >= 0.3 is 0 Å². The SMILES string of the molecule is C=C(NCc1cc2cc(Cl)c(C)cc2[nH]1)C(C)C(F)F. The number of nitrogens with one attached hydrogen (secondary N) is 2. The highest BCUT2D eigenvalue weighted by Gasteiger charge is 2.17. The van der Waals surface area contributed by atoms with Crippen molar-refractivity contribution in [3.63, 3.8) is 0 Å². The molecule has 0 bridgehead atoms. The normalized spacial score (nSPS) is 12.9. The van der Waals surface area contributed by atoms with Crippen molar-refractivity contribution < 1.29 is 8.78 Å². The fourth-order valence-corrected chi connectivity index (χ4v) is 2.11. The molecule has 1 atom stereocenters. The summed E-state index contributed by atoms with van der Waals surface area (Å²) in [5.41, 5.74) is 3.23. The van der Waals surface area contributed by atoms with Crippen LogP contribution in [-0.4, -0.2) is 11.4 Å². The maximum atomic E-state index is 12.5. The highest BCUT2D eigenvalue weighted by molar-refractivity contribution is 6.32. The number of aromatic nitrogens is 1. The summed E-state index contributed by atoms with van der Waals surface area (Å²) in [4.78, 5) is 3.24. The summed E-state index contributed by atoms with van der Waals surface area (Å²) in [6, 6.07) is 5.81. The molecular formula is C15H17ClF2N2. The summed E-state index contributed by atoms with van der Waals surface area (Å²) in [6.07, 6.45) is -2.40. The highest BCUT2D eigenvalue weighted by Crippen LogP contribution is 2.24. The predicted octanol–water partition coefficient (Wildman–Crippen LogP) is 4.63. The molecule has 0 aliphatic rings. The number of alkyl halides is 2. The summed E-state index contributed by atoms with van der Waals surface area (Å²) >= 11 is 6.07. The van der Waals surface area contributed by atoms with E-state index in [2.05, 4.69) is 16.9 Å². The zero-order valence-corrected chi connectivity index (χ0v) is 12.2. The van der Waals surface area contributed by atoms with Gasteiger partial charge in [-0.1, -0.05) is 25.1 Å². The lowest BCUT2D eigenvalue weighted by atomic mass is 10.1. The summed E-state index contributed by atoms with van der Waals surface area (Å²) in [5.74, 6) is -0.865. The third-order valence-corrected chi connectivity index (χ3v) is 3.80. The summed E-state index contributed by atoms with van der Waals surface area (Å²) < 4.78 is 25.1. The quantitative estimate of drug-likeness (QED) is 0.827. The molecule has 1 unspecified atom stereocenters. The van der Waals surface area contributed by atoms with E-state index in [-0.39, 0.29) is 0 Å². The molecule has 0 aliphatic heterocycles. The van der Waals surface area contributed by atoms with Crippen LogP contribution in [0, 0.1) is 12.8 Å². The maximum Gasteiger partial charge on any atom is 0.246 e. The van der Waals surface area contributed by atoms with Gasteiger partial charge in [-0.2, -0.15) is 0 Å². The molecule has 1 aromatic carbocycles. The Morgan fingerprint density at radius 2 is 2.10 bits per heavy atom. The first-order valence-electron chi connectivity index (χ1n) is 6.37. The number of rotatable bonds is 5. The van der Waals surface area contributed by atoms with Gasteiger partial charge in [-0.05, 0) is 30.7 Å². The summed E-state index contributed by atoms with van der Waals surface area (Å²) in [6.45, 7) is 7.47. The Kier molecular flexibility index (Phi) is 4.33. The van der Waals surface area contributed by atoms with Gasteiger partial charge in [0.05, 0.1) is 12.5 Å². The van der Waals surface area contributed by atoms with E-state index in [0.717, 1.165) is 22.2 Å². The zero-order valence-electron chi connectivity index (χ0n) is 11.4. The molecule has 2 N–H and O–H groups in total. The molecule has 0 spiro atoms. The Morgan fingerprint density at radius 3 is 2.75 bits per heavy atom. The molecule has 1 heterocycles. The maximum absolute atomic E-state index is 12.5. The van der Waals surface area contributed by atoms with Gasteiger partial charge in [0.2, 0.25) is 6.43 Å². The third kappa shape index (κ3) is 3.12. The van der Waals surface area contributed by atoms with Crippen LogP contribution >= 0.6 is 11.6 Å². The highest BCUT2D eigenvalue weighted by atomic mass is 35.5. The van der Waals surface area contributed by atoms with Gasteiger partial charge in [-0.25, -0.2) is 8.78 Å². The van der Waals surface area contributed by atoms with E-state index < -0.39 is 12.3 Å². The number of allylic oxidation sites excluding steroid dienone is 1. The molecule has 2 rings (SSSR count). The number of aromatic amines is 1. The van der Waals surface area contributed by atoms with Gasteiger partial charge in [0.15, 0.2) is 0 Å².